The van der Waals surface area contributed by atoms with Crippen LogP contribution in [-0.2, 0) is 11.3 Å². The molecule has 3 heterocycles. The Bertz CT molecular complexity index is 1630. The van der Waals surface area contributed by atoms with Crippen LogP contribution in [0.25, 0.3) is 11.1 Å². The number of pyridine rings is 1. The van der Waals surface area contributed by atoms with E-state index in [9.17, 15) is 13.6 Å². The quantitative estimate of drug-likeness (QED) is 0.318. The Morgan fingerprint density at radius 3 is 2.46 bits per heavy atom. The van der Waals surface area contributed by atoms with Crippen molar-refractivity contribution in [3.05, 3.63) is 111 Å². The van der Waals surface area contributed by atoms with Crippen molar-refractivity contribution in [3.8, 4) is 16.9 Å². The minimum atomic E-state index is -0.603. The molecule has 2 aliphatic rings. The molecule has 6 rings (SSSR count). The summed E-state index contributed by atoms with van der Waals surface area (Å²) in [5, 5.41) is 2.96. The summed E-state index contributed by atoms with van der Waals surface area (Å²) in [6.45, 7) is 6.11. The van der Waals surface area contributed by atoms with Crippen molar-refractivity contribution in [3.63, 3.8) is 0 Å². The fourth-order valence-electron chi connectivity index (χ4n) is 5.67. The molecule has 0 spiro atoms. The van der Waals surface area contributed by atoms with Crippen molar-refractivity contribution in [1.82, 2.24) is 10.3 Å². The lowest BCUT2D eigenvalue weighted by Crippen LogP contribution is -2.24. The highest BCUT2D eigenvalue weighted by Crippen LogP contribution is 2.55. The third-order valence-electron chi connectivity index (χ3n) is 7.41. The summed E-state index contributed by atoms with van der Waals surface area (Å²) >= 11 is 0. The number of hydrogen-bond acceptors (Lipinski definition) is 5. The minimum Gasteiger partial charge on any atom is -0.493 e. The highest BCUT2D eigenvalue weighted by atomic mass is 19.1. The van der Waals surface area contributed by atoms with E-state index in [0.29, 0.717) is 46.1 Å². The lowest BCUT2D eigenvalue weighted by molar-refractivity contribution is 0.0857. The van der Waals surface area contributed by atoms with Crippen molar-refractivity contribution in [2.24, 2.45) is 0 Å². The number of nitrogen functional groups attached to an aromatic ring is 1. The maximum Gasteiger partial charge on any atom is 0.251 e. The topological polar surface area (TPSA) is 86.5 Å². The third-order valence-corrected chi connectivity index (χ3v) is 7.41. The van der Waals surface area contributed by atoms with Gasteiger partial charge in [0.25, 0.3) is 5.91 Å². The van der Waals surface area contributed by atoms with Crippen LogP contribution in [0.2, 0.25) is 0 Å². The fourth-order valence-corrected chi connectivity index (χ4v) is 5.67. The summed E-state index contributed by atoms with van der Waals surface area (Å²) in [6, 6.07) is 15.2. The van der Waals surface area contributed by atoms with E-state index in [1.165, 1.54) is 6.07 Å². The first-order valence-electron chi connectivity index (χ1n) is 12.8. The summed E-state index contributed by atoms with van der Waals surface area (Å²) in [6.07, 6.45) is -0.618. The molecule has 4 aromatic rings. The maximum absolute atomic E-state index is 14.7. The standard InChI is InChI=1S/C31H27F2N3O3/c1-4-38-26-13-27(34)36-16(3)24(26)14-35-31(37)18-6-8-21-23(11-18)30-22-10-17(5-7-20(22)29(21)39-30)28-15(2)9-19(32)12-25(28)33/h5-13,29-30H,4,14H2,1-3H3,(H2,34,36)(H,35,37). The number of aromatic nitrogens is 1. The van der Waals surface area contributed by atoms with Crippen LogP contribution in [0.1, 0.15) is 68.6 Å². The van der Waals surface area contributed by atoms with E-state index in [-0.39, 0.29) is 24.7 Å². The number of rotatable bonds is 6. The lowest BCUT2D eigenvalue weighted by Gasteiger charge is -2.19. The number of nitrogens with zero attached hydrogens (tertiary/aromatic N) is 1. The number of ether oxygens (including phenoxy) is 2. The number of anilines is 1. The molecule has 2 bridgehead atoms. The van der Waals surface area contributed by atoms with Gasteiger partial charge in [0.15, 0.2) is 0 Å². The molecule has 8 heteroatoms. The predicted octanol–water partition coefficient (Wildman–Crippen LogP) is 6.08. The highest BCUT2D eigenvalue weighted by Gasteiger charge is 2.43. The first-order valence-corrected chi connectivity index (χ1v) is 12.8. The van der Waals surface area contributed by atoms with Gasteiger partial charge in [-0.25, -0.2) is 13.8 Å². The van der Waals surface area contributed by atoms with E-state index in [2.05, 4.69) is 10.3 Å². The monoisotopic (exact) mass is 527 g/mol. The second-order valence-corrected chi connectivity index (χ2v) is 9.89. The molecule has 6 nitrogen and oxygen atoms in total. The fraction of sp³-hybridized carbons (Fsp3) is 0.226. The first-order chi connectivity index (χ1) is 18.7. The van der Waals surface area contributed by atoms with Gasteiger partial charge < -0.3 is 20.5 Å². The number of carbonyl (C=O) groups is 1. The largest absolute Gasteiger partial charge is 0.493 e. The molecule has 3 aromatic carbocycles. The van der Waals surface area contributed by atoms with Gasteiger partial charge in [0, 0.05) is 41.1 Å². The van der Waals surface area contributed by atoms with Crippen LogP contribution >= 0.6 is 0 Å². The molecule has 0 fully saturated rings. The first kappa shape index (κ1) is 25.0. The summed E-state index contributed by atoms with van der Waals surface area (Å²) in [5.74, 6) is -0.482. The van der Waals surface area contributed by atoms with Crippen LogP contribution in [0.3, 0.4) is 0 Å². The summed E-state index contributed by atoms with van der Waals surface area (Å²) in [5.41, 5.74) is 13.2. The molecule has 0 saturated heterocycles. The van der Waals surface area contributed by atoms with Gasteiger partial charge in [-0.3, -0.25) is 4.79 Å². The second-order valence-electron chi connectivity index (χ2n) is 9.89. The molecule has 3 N–H and O–H groups in total. The van der Waals surface area contributed by atoms with Gasteiger partial charge in [-0.1, -0.05) is 18.2 Å². The molecule has 2 aliphatic heterocycles. The van der Waals surface area contributed by atoms with Crippen molar-refractivity contribution in [2.45, 2.75) is 39.5 Å². The van der Waals surface area contributed by atoms with Gasteiger partial charge in [0.2, 0.25) is 0 Å². The Kier molecular flexibility index (Phi) is 6.07. The normalized spacial score (nSPS) is 16.6. The third kappa shape index (κ3) is 4.21. The zero-order valence-corrected chi connectivity index (χ0v) is 21.8. The number of benzene rings is 3. The maximum atomic E-state index is 14.7. The number of aryl methyl sites for hydroxylation is 2. The van der Waals surface area contributed by atoms with Crippen LogP contribution in [0.15, 0.2) is 54.6 Å². The number of fused-ring (bicyclic) bond motifs is 8. The van der Waals surface area contributed by atoms with Gasteiger partial charge in [0.1, 0.15) is 35.4 Å². The van der Waals surface area contributed by atoms with E-state index in [1.54, 1.807) is 19.1 Å². The zero-order chi connectivity index (χ0) is 27.4. The van der Waals surface area contributed by atoms with Crippen LogP contribution in [0, 0.1) is 25.5 Å². The van der Waals surface area contributed by atoms with Gasteiger partial charge in [-0.05, 0) is 78.4 Å². The Morgan fingerprint density at radius 1 is 1.00 bits per heavy atom. The molecule has 2 atom stereocenters. The Morgan fingerprint density at radius 2 is 1.72 bits per heavy atom. The Hall–Kier alpha value is -4.30. The van der Waals surface area contributed by atoms with Crippen LogP contribution in [-0.4, -0.2) is 17.5 Å². The molecule has 2 unspecified atom stereocenters. The van der Waals surface area contributed by atoms with E-state index >= 15 is 0 Å². The number of hydrogen-bond donors (Lipinski definition) is 2. The second kappa shape index (κ2) is 9.47. The molecule has 1 amide bonds. The summed E-state index contributed by atoms with van der Waals surface area (Å²) in [7, 11) is 0. The van der Waals surface area contributed by atoms with E-state index < -0.39 is 11.6 Å². The molecule has 0 radical (unpaired) electrons. The molecule has 1 aromatic heterocycles. The minimum absolute atomic E-state index is 0.238. The van der Waals surface area contributed by atoms with Gasteiger partial charge in [-0.2, -0.15) is 0 Å². The highest BCUT2D eigenvalue weighted by molar-refractivity contribution is 5.94. The van der Waals surface area contributed by atoms with E-state index in [1.807, 2.05) is 44.2 Å². The lowest BCUT2D eigenvalue weighted by atomic mass is 9.83. The van der Waals surface area contributed by atoms with Gasteiger partial charge >= 0.3 is 0 Å². The SMILES string of the molecule is CCOc1cc(N)nc(C)c1CNC(=O)c1ccc2c(c1)C1OC2c2ccc(-c3c(C)cc(F)cc3F)cc21. The van der Waals surface area contributed by atoms with Crippen LogP contribution in [0.5, 0.6) is 5.75 Å². The van der Waals surface area contributed by atoms with Crippen molar-refractivity contribution in [2.75, 3.05) is 12.3 Å². The Balaban J connectivity index is 1.27. The van der Waals surface area contributed by atoms with Crippen LogP contribution in [0.4, 0.5) is 14.6 Å². The Labute approximate surface area is 224 Å². The van der Waals surface area contributed by atoms with E-state index in [4.69, 9.17) is 15.2 Å². The molecular weight excluding hydrogens is 500 g/mol. The average Bonchev–Trinajstić information content (AvgIpc) is 3.44. The zero-order valence-electron chi connectivity index (χ0n) is 21.8. The van der Waals surface area contributed by atoms with Gasteiger partial charge in [0.05, 0.1) is 6.61 Å². The molecule has 0 aliphatic carbocycles. The van der Waals surface area contributed by atoms with Crippen molar-refractivity contribution < 1.29 is 23.0 Å². The van der Waals surface area contributed by atoms with E-state index in [0.717, 1.165) is 33.9 Å². The van der Waals surface area contributed by atoms with Crippen molar-refractivity contribution >= 4 is 11.7 Å². The molecular formula is C31H27F2N3O3. The van der Waals surface area contributed by atoms with Gasteiger partial charge in [-0.15, -0.1) is 0 Å². The van der Waals surface area contributed by atoms with Crippen molar-refractivity contribution in [1.29, 1.82) is 0 Å². The number of amides is 1. The molecule has 198 valence electrons. The summed E-state index contributed by atoms with van der Waals surface area (Å²) in [4.78, 5) is 17.4. The number of nitrogens with one attached hydrogen (secondary N) is 1. The smallest absolute Gasteiger partial charge is 0.251 e. The molecule has 39 heavy (non-hydrogen) atoms. The molecule has 0 saturated carbocycles. The number of carbonyl (C=O) groups excluding carboxylic acids is 1. The van der Waals surface area contributed by atoms with Crippen LogP contribution < -0.4 is 15.8 Å². The number of halogens is 2. The average molecular weight is 528 g/mol. The number of nitrogens with two attached hydrogens (primary N) is 1. The predicted molar refractivity (Wildman–Crippen MR) is 143 cm³/mol. The summed E-state index contributed by atoms with van der Waals surface area (Å²) < 4.78 is 40.4.